The van der Waals surface area contributed by atoms with Gasteiger partial charge in [-0.05, 0) is 37.5 Å². The molecule has 1 aliphatic rings. The molecule has 92 valence electrons. The van der Waals surface area contributed by atoms with Crippen LogP contribution in [-0.2, 0) is 4.74 Å². The van der Waals surface area contributed by atoms with Crippen molar-refractivity contribution in [3.05, 3.63) is 46.6 Å². The summed E-state index contributed by atoms with van der Waals surface area (Å²) in [6.07, 6.45) is 6.43. The van der Waals surface area contributed by atoms with Crippen LogP contribution in [0.15, 0.2) is 41.1 Å². The monoisotopic (exact) mass is 295 g/mol. The zero-order valence-corrected chi connectivity index (χ0v) is 11.6. The highest BCUT2D eigenvalue weighted by atomic mass is 79.9. The average Bonchev–Trinajstić information content (AvgIpc) is 2.38. The highest BCUT2D eigenvalue weighted by Crippen LogP contribution is 2.23. The number of halogens is 1. The molecule has 2 rings (SSSR count). The fourth-order valence-corrected chi connectivity index (χ4v) is 2.61. The summed E-state index contributed by atoms with van der Waals surface area (Å²) in [4.78, 5) is 0. The van der Waals surface area contributed by atoms with E-state index in [9.17, 15) is 0 Å². The van der Waals surface area contributed by atoms with E-state index in [1.807, 2.05) is 12.3 Å². The van der Waals surface area contributed by atoms with Gasteiger partial charge in [0.1, 0.15) is 6.10 Å². The molecule has 0 fully saturated rings. The topological polar surface area (TPSA) is 21.3 Å². The molecule has 1 unspecified atom stereocenters. The van der Waals surface area contributed by atoms with E-state index in [-0.39, 0.29) is 0 Å². The molecule has 0 aromatic heterocycles. The number of benzene rings is 1. The first-order valence-electron chi connectivity index (χ1n) is 6.05. The lowest BCUT2D eigenvalue weighted by Gasteiger charge is -2.23. The maximum Gasteiger partial charge on any atom is 0.110 e. The summed E-state index contributed by atoms with van der Waals surface area (Å²) in [5.41, 5.74) is 1.29. The molecule has 1 N–H and O–H groups in total. The first-order chi connectivity index (χ1) is 8.27. The molecule has 2 nitrogen and oxygen atoms in total. The Morgan fingerprint density at radius 2 is 2.29 bits per heavy atom. The third-order valence-corrected chi connectivity index (χ3v) is 3.77. The Morgan fingerprint density at radius 1 is 1.47 bits per heavy atom. The summed E-state index contributed by atoms with van der Waals surface area (Å²) in [6, 6.07) is 8.66. The van der Waals surface area contributed by atoms with Gasteiger partial charge in [-0.15, -0.1) is 0 Å². The lowest BCUT2D eigenvalue weighted by Crippen LogP contribution is -2.31. The van der Waals surface area contributed by atoms with Crippen molar-refractivity contribution in [3.63, 3.8) is 0 Å². The molecule has 0 spiro atoms. The number of allylic oxidation sites excluding steroid dienone is 1. The van der Waals surface area contributed by atoms with E-state index in [2.05, 4.69) is 52.4 Å². The molecule has 3 heteroatoms. The van der Waals surface area contributed by atoms with Crippen LogP contribution in [0, 0.1) is 0 Å². The number of hydrogen-bond acceptors (Lipinski definition) is 2. The van der Waals surface area contributed by atoms with Gasteiger partial charge in [-0.1, -0.05) is 34.1 Å². The molecule has 0 radical (unpaired) electrons. The van der Waals surface area contributed by atoms with Gasteiger partial charge in [0.05, 0.1) is 6.26 Å². The van der Waals surface area contributed by atoms with Crippen molar-refractivity contribution < 1.29 is 4.74 Å². The van der Waals surface area contributed by atoms with Crippen LogP contribution >= 0.6 is 15.9 Å². The minimum Gasteiger partial charge on any atom is -0.497 e. The Hall–Kier alpha value is -0.800. The normalized spacial score (nSPS) is 20.9. The lowest BCUT2D eigenvalue weighted by molar-refractivity contribution is 0.120. The Balaban J connectivity index is 1.87. The van der Waals surface area contributed by atoms with Crippen molar-refractivity contribution >= 4 is 15.9 Å². The molecule has 0 saturated heterocycles. The van der Waals surface area contributed by atoms with E-state index in [0.717, 1.165) is 23.9 Å². The van der Waals surface area contributed by atoms with Crippen LogP contribution in [-0.4, -0.2) is 12.6 Å². The van der Waals surface area contributed by atoms with Crippen LogP contribution in [0.5, 0.6) is 0 Å². The number of hydrogen-bond donors (Lipinski definition) is 1. The molecule has 2 atom stereocenters. The van der Waals surface area contributed by atoms with Crippen molar-refractivity contribution in [3.8, 4) is 0 Å². The molecule has 1 aromatic carbocycles. The molecule has 1 aromatic rings. The predicted molar refractivity (Wildman–Crippen MR) is 73.8 cm³/mol. The van der Waals surface area contributed by atoms with Crippen LogP contribution in [0.3, 0.4) is 0 Å². The maximum atomic E-state index is 5.54. The molecule has 0 saturated carbocycles. The van der Waals surface area contributed by atoms with E-state index < -0.39 is 0 Å². The van der Waals surface area contributed by atoms with Crippen molar-refractivity contribution in [1.29, 1.82) is 0 Å². The van der Waals surface area contributed by atoms with Gasteiger partial charge in [0.2, 0.25) is 0 Å². The minimum atomic E-state index is 0.310. The van der Waals surface area contributed by atoms with Gasteiger partial charge in [-0.2, -0.15) is 0 Å². The van der Waals surface area contributed by atoms with E-state index >= 15 is 0 Å². The quantitative estimate of drug-likeness (QED) is 0.912. The third kappa shape index (κ3) is 3.58. The van der Waals surface area contributed by atoms with Gasteiger partial charge >= 0.3 is 0 Å². The molecular weight excluding hydrogens is 278 g/mol. The highest BCUT2D eigenvalue weighted by Gasteiger charge is 2.13. The SMILES string of the molecule is C[C@@H](NCC1CCC=CO1)c1ccccc1Br. The zero-order valence-electron chi connectivity index (χ0n) is 10.0. The van der Waals surface area contributed by atoms with Gasteiger partial charge in [0.15, 0.2) is 0 Å². The summed E-state index contributed by atoms with van der Waals surface area (Å²) in [5, 5.41) is 3.52. The summed E-state index contributed by atoms with van der Waals surface area (Å²) >= 11 is 3.58. The summed E-state index contributed by atoms with van der Waals surface area (Å²) in [6.45, 7) is 3.08. The minimum absolute atomic E-state index is 0.310. The van der Waals surface area contributed by atoms with Gasteiger partial charge in [0, 0.05) is 17.1 Å². The van der Waals surface area contributed by atoms with Crippen molar-refractivity contribution in [1.82, 2.24) is 5.32 Å². The molecule has 0 aliphatic carbocycles. The molecule has 1 heterocycles. The predicted octanol–water partition coefficient (Wildman–Crippen LogP) is 3.79. The molecule has 1 aliphatic heterocycles. The van der Waals surface area contributed by atoms with Crippen LogP contribution in [0.2, 0.25) is 0 Å². The average molecular weight is 296 g/mol. The van der Waals surface area contributed by atoms with E-state index in [4.69, 9.17) is 4.74 Å². The third-order valence-electron chi connectivity index (χ3n) is 3.05. The Kier molecular flexibility index (Phi) is 4.63. The fourth-order valence-electron chi connectivity index (χ4n) is 1.98. The van der Waals surface area contributed by atoms with Gasteiger partial charge in [-0.3, -0.25) is 0 Å². The van der Waals surface area contributed by atoms with Crippen LogP contribution in [0.4, 0.5) is 0 Å². The molecule has 0 amide bonds. The van der Waals surface area contributed by atoms with Crippen molar-refractivity contribution in [2.24, 2.45) is 0 Å². The van der Waals surface area contributed by atoms with Gasteiger partial charge in [0.25, 0.3) is 0 Å². The first kappa shape index (κ1) is 12.7. The summed E-state index contributed by atoms with van der Waals surface area (Å²) < 4.78 is 6.70. The Labute approximate surface area is 111 Å². The van der Waals surface area contributed by atoms with Crippen molar-refractivity contribution in [2.75, 3.05) is 6.54 Å². The summed E-state index contributed by atoms with van der Waals surface area (Å²) in [5.74, 6) is 0. The van der Waals surface area contributed by atoms with E-state index in [1.165, 1.54) is 5.56 Å². The van der Waals surface area contributed by atoms with Gasteiger partial charge < -0.3 is 10.1 Å². The van der Waals surface area contributed by atoms with Crippen LogP contribution in [0.1, 0.15) is 31.4 Å². The lowest BCUT2D eigenvalue weighted by atomic mass is 10.1. The Bertz CT molecular complexity index is 392. The smallest absolute Gasteiger partial charge is 0.110 e. The van der Waals surface area contributed by atoms with Crippen molar-refractivity contribution in [2.45, 2.75) is 31.9 Å². The largest absolute Gasteiger partial charge is 0.497 e. The number of rotatable bonds is 4. The number of ether oxygens (including phenoxy) is 1. The summed E-state index contributed by atoms with van der Waals surface area (Å²) in [7, 11) is 0. The standard InChI is InChI=1S/C14H18BrNO/c1-11(13-7-2-3-8-14(13)15)16-10-12-6-4-5-9-17-12/h2-3,5,7-9,11-12,16H,4,6,10H2,1H3/t11-,12?/m1/s1. The van der Waals surface area contributed by atoms with E-state index in [0.29, 0.717) is 12.1 Å². The molecule has 0 bridgehead atoms. The first-order valence-corrected chi connectivity index (χ1v) is 6.85. The second-order valence-corrected chi connectivity index (χ2v) is 5.21. The van der Waals surface area contributed by atoms with Gasteiger partial charge in [-0.25, -0.2) is 0 Å². The number of nitrogens with one attached hydrogen (secondary N) is 1. The molecule has 17 heavy (non-hydrogen) atoms. The zero-order chi connectivity index (χ0) is 12.1. The van der Waals surface area contributed by atoms with Crippen LogP contribution < -0.4 is 5.32 Å². The molecular formula is C14H18BrNO. The maximum absolute atomic E-state index is 5.54. The second kappa shape index (κ2) is 6.22. The fraction of sp³-hybridized carbons (Fsp3) is 0.429. The Morgan fingerprint density at radius 3 is 3.00 bits per heavy atom. The highest BCUT2D eigenvalue weighted by molar-refractivity contribution is 9.10. The second-order valence-electron chi connectivity index (χ2n) is 4.36. The van der Waals surface area contributed by atoms with E-state index in [1.54, 1.807) is 0 Å². The van der Waals surface area contributed by atoms with Crippen LogP contribution in [0.25, 0.3) is 0 Å².